The summed E-state index contributed by atoms with van der Waals surface area (Å²) in [7, 11) is 3.22. The molecule has 2 aromatic rings. The maximum atomic E-state index is 12.9. The molecule has 5 nitrogen and oxygen atoms in total. The summed E-state index contributed by atoms with van der Waals surface area (Å²) in [5.74, 6) is -0.232. The van der Waals surface area contributed by atoms with Gasteiger partial charge >= 0.3 is 5.97 Å². The van der Waals surface area contributed by atoms with Crippen LogP contribution in [0.5, 0.6) is 0 Å². The van der Waals surface area contributed by atoms with E-state index in [1.807, 2.05) is 31.5 Å². The van der Waals surface area contributed by atoms with Crippen LogP contribution in [0.2, 0.25) is 0 Å². The van der Waals surface area contributed by atoms with Gasteiger partial charge in [-0.15, -0.1) is 11.8 Å². The van der Waals surface area contributed by atoms with Crippen molar-refractivity contribution in [2.45, 2.75) is 30.4 Å². The maximum absolute atomic E-state index is 12.9. The van der Waals surface area contributed by atoms with Crippen LogP contribution in [0, 0.1) is 0 Å². The van der Waals surface area contributed by atoms with E-state index in [4.69, 9.17) is 4.74 Å². The van der Waals surface area contributed by atoms with E-state index in [0.717, 1.165) is 16.0 Å². The van der Waals surface area contributed by atoms with E-state index >= 15 is 0 Å². The molecule has 3 rings (SSSR count). The Bertz CT molecular complexity index is 838. The van der Waals surface area contributed by atoms with Crippen molar-refractivity contribution in [3.8, 4) is 0 Å². The van der Waals surface area contributed by atoms with Gasteiger partial charge in [0, 0.05) is 30.5 Å². The first-order chi connectivity index (χ1) is 13.5. The Hall–Kier alpha value is -2.31. The molecule has 1 aliphatic heterocycles. The molecule has 0 fully saturated rings. The highest BCUT2D eigenvalue weighted by Gasteiger charge is 2.37. The largest absolute Gasteiger partial charge is 0.465 e. The van der Waals surface area contributed by atoms with Crippen molar-refractivity contribution in [2.75, 3.05) is 27.0 Å². The number of amides is 1. The fourth-order valence-electron chi connectivity index (χ4n) is 3.66. The van der Waals surface area contributed by atoms with Crippen molar-refractivity contribution in [1.82, 2.24) is 4.90 Å². The van der Waals surface area contributed by atoms with E-state index in [2.05, 4.69) is 30.3 Å². The van der Waals surface area contributed by atoms with Gasteiger partial charge in [-0.3, -0.25) is 4.79 Å². The van der Waals surface area contributed by atoms with E-state index in [9.17, 15) is 9.59 Å². The summed E-state index contributed by atoms with van der Waals surface area (Å²) in [5.41, 5.74) is 3.45. The number of nitrogens with zero attached hydrogens (tertiary/aromatic N) is 1. The van der Waals surface area contributed by atoms with Gasteiger partial charge in [-0.1, -0.05) is 36.4 Å². The molecular formula is C22H27N2O3S+. The number of esters is 1. The molecule has 0 bridgehead atoms. The molecule has 1 aliphatic rings. The first-order valence-corrected chi connectivity index (χ1v) is 10.6. The normalized spacial score (nSPS) is 18.2. The standard InChI is InChI=1S/C22H26N2O3S/c1-23(13-16-8-10-19(28-3)11-9-16)21(25)15-24-14-18-7-5-4-6-17(18)12-20(24)22(26)27-2/h4-11,20H,12-15H2,1-3H3/p+1/t20-/m0/s1. The van der Waals surface area contributed by atoms with Gasteiger partial charge in [0.25, 0.3) is 5.91 Å². The van der Waals surface area contributed by atoms with Crippen LogP contribution < -0.4 is 4.90 Å². The Kier molecular flexibility index (Phi) is 6.75. The predicted octanol–water partition coefficient (Wildman–Crippen LogP) is 1.55. The summed E-state index contributed by atoms with van der Waals surface area (Å²) in [6, 6.07) is 16.0. The molecule has 0 saturated heterocycles. The van der Waals surface area contributed by atoms with Gasteiger partial charge in [-0.2, -0.15) is 0 Å². The van der Waals surface area contributed by atoms with Crippen molar-refractivity contribution in [1.29, 1.82) is 0 Å². The van der Waals surface area contributed by atoms with E-state index < -0.39 is 0 Å². The zero-order valence-corrected chi connectivity index (χ0v) is 17.4. The van der Waals surface area contributed by atoms with E-state index in [0.29, 0.717) is 19.5 Å². The second-order valence-electron chi connectivity index (χ2n) is 7.16. The van der Waals surface area contributed by atoms with Crippen LogP contribution in [0.1, 0.15) is 16.7 Å². The lowest BCUT2D eigenvalue weighted by atomic mass is 9.94. The first kappa shape index (κ1) is 20.4. The molecule has 1 amide bonds. The van der Waals surface area contributed by atoms with Gasteiger partial charge in [0.2, 0.25) is 0 Å². The number of hydrogen-bond acceptors (Lipinski definition) is 4. The maximum Gasteiger partial charge on any atom is 0.365 e. The van der Waals surface area contributed by atoms with Crippen molar-refractivity contribution >= 4 is 23.6 Å². The smallest absolute Gasteiger partial charge is 0.365 e. The van der Waals surface area contributed by atoms with Gasteiger partial charge < -0.3 is 14.5 Å². The van der Waals surface area contributed by atoms with E-state index in [1.54, 1.807) is 16.7 Å². The summed E-state index contributed by atoms with van der Waals surface area (Å²) in [5, 5.41) is 0. The summed E-state index contributed by atoms with van der Waals surface area (Å²) in [6.07, 6.45) is 2.65. The molecule has 28 heavy (non-hydrogen) atoms. The molecule has 1 N–H and O–H groups in total. The SMILES string of the molecule is COC(=O)[C@@H]1Cc2ccccc2C[NH+]1CC(=O)N(C)Cc1ccc(SC)cc1. The van der Waals surface area contributed by atoms with Crippen molar-refractivity contribution < 1.29 is 19.2 Å². The van der Waals surface area contributed by atoms with Crippen molar-refractivity contribution in [3.05, 3.63) is 65.2 Å². The van der Waals surface area contributed by atoms with Crippen LogP contribution in [-0.4, -0.2) is 49.8 Å². The summed E-state index contributed by atoms with van der Waals surface area (Å²) < 4.78 is 5.01. The number of methoxy groups -OCH3 is 1. The van der Waals surface area contributed by atoms with Crippen LogP contribution >= 0.6 is 11.8 Å². The van der Waals surface area contributed by atoms with Crippen LogP contribution in [0.4, 0.5) is 0 Å². The monoisotopic (exact) mass is 399 g/mol. The minimum absolute atomic E-state index is 0.0252. The molecule has 1 heterocycles. The third-order valence-corrected chi connectivity index (χ3v) is 6.06. The number of quaternary nitrogens is 1. The number of ether oxygens (including phenoxy) is 1. The van der Waals surface area contributed by atoms with E-state index in [-0.39, 0.29) is 24.5 Å². The van der Waals surface area contributed by atoms with Crippen molar-refractivity contribution in [2.24, 2.45) is 0 Å². The third kappa shape index (κ3) is 4.75. The average Bonchev–Trinajstić information content (AvgIpc) is 2.73. The van der Waals surface area contributed by atoms with Gasteiger partial charge in [0.15, 0.2) is 12.6 Å². The molecule has 0 aliphatic carbocycles. The van der Waals surface area contributed by atoms with Crippen LogP contribution in [0.25, 0.3) is 0 Å². The first-order valence-electron chi connectivity index (χ1n) is 9.38. The Morgan fingerprint density at radius 3 is 2.46 bits per heavy atom. The molecule has 0 radical (unpaired) electrons. The third-order valence-electron chi connectivity index (χ3n) is 5.32. The molecule has 0 saturated carbocycles. The molecule has 148 valence electrons. The van der Waals surface area contributed by atoms with Crippen LogP contribution in [0.15, 0.2) is 53.4 Å². The lowest BCUT2D eigenvalue weighted by molar-refractivity contribution is -0.925. The zero-order chi connectivity index (χ0) is 20.1. The lowest BCUT2D eigenvalue weighted by Gasteiger charge is -2.32. The summed E-state index contributed by atoms with van der Waals surface area (Å²) in [4.78, 5) is 29.1. The van der Waals surface area contributed by atoms with E-state index in [1.165, 1.54) is 17.6 Å². The van der Waals surface area contributed by atoms with Gasteiger partial charge in [0.1, 0.15) is 6.54 Å². The highest BCUT2D eigenvalue weighted by atomic mass is 32.2. The minimum Gasteiger partial charge on any atom is -0.465 e. The van der Waals surface area contributed by atoms with Gasteiger partial charge in [-0.25, -0.2) is 4.79 Å². The highest BCUT2D eigenvalue weighted by Crippen LogP contribution is 2.16. The minimum atomic E-state index is -0.349. The molecule has 2 aromatic carbocycles. The molecule has 0 aromatic heterocycles. The van der Waals surface area contributed by atoms with Gasteiger partial charge in [-0.05, 0) is 29.5 Å². The predicted molar refractivity (Wildman–Crippen MR) is 110 cm³/mol. The number of benzene rings is 2. The average molecular weight is 400 g/mol. The second-order valence-corrected chi connectivity index (χ2v) is 8.04. The highest BCUT2D eigenvalue weighted by molar-refractivity contribution is 7.98. The number of carbonyl (C=O) groups excluding carboxylic acids is 2. The van der Waals surface area contributed by atoms with Crippen molar-refractivity contribution in [3.63, 3.8) is 0 Å². The topological polar surface area (TPSA) is 51.1 Å². The number of nitrogens with one attached hydrogen (secondary N) is 1. The molecular weight excluding hydrogens is 372 g/mol. The second kappa shape index (κ2) is 9.26. The number of rotatable bonds is 6. The Morgan fingerprint density at radius 1 is 1.14 bits per heavy atom. The fraction of sp³-hybridized carbons (Fsp3) is 0.364. The van der Waals surface area contributed by atoms with Crippen LogP contribution in [0.3, 0.4) is 0 Å². The Balaban J connectivity index is 1.68. The molecule has 1 unspecified atom stereocenters. The lowest BCUT2D eigenvalue weighted by Crippen LogP contribution is -3.17. The zero-order valence-electron chi connectivity index (χ0n) is 16.6. The van der Waals surface area contributed by atoms with Gasteiger partial charge in [0.05, 0.1) is 7.11 Å². The molecule has 6 heteroatoms. The number of hydrogen-bond donors (Lipinski definition) is 1. The summed E-state index contributed by atoms with van der Waals surface area (Å²) >= 11 is 1.70. The summed E-state index contributed by atoms with van der Waals surface area (Å²) in [6.45, 7) is 1.48. The number of carbonyl (C=O) groups is 2. The van der Waals surface area contributed by atoms with Crippen LogP contribution in [-0.2, 0) is 33.8 Å². The quantitative estimate of drug-likeness (QED) is 0.592. The number of fused-ring (bicyclic) bond motifs is 1. The Labute approximate surface area is 170 Å². The fourth-order valence-corrected chi connectivity index (χ4v) is 4.07. The molecule has 2 atom stereocenters. The molecule has 0 spiro atoms. The Morgan fingerprint density at radius 2 is 1.82 bits per heavy atom. The number of thioether (sulfide) groups is 1. The number of likely N-dealkylation sites (N-methyl/N-ethyl adjacent to an activating group) is 1.